The molecule has 1 heterocycles. The van der Waals surface area contributed by atoms with Gasteiger partial charge in [0.05, 0.1) is 20.0 Å². The average molecular weight is 448 g/mol. The molecule has 0 bridgehead atoms. The molecule has 0 saturated heterocycles. The van der Waals surface area contributed by atoms with Crippen LogP contribution >= 0.6 is 11.8 Å². The van der Waals surface area contributed by atoms with Crippen molar-refractivity contribution in [3.63, 3.8) is 0 Å². The van der Waals surface area contributed by atoms with E-state index in [0.717, 1.165) is 38.7 Å². The van der Waals surface area contributed by atoms with Gasteiger partial charge in [-0.25, -0.2) is 4.98 Å². The van der Waals surface area contributed by atoms with Gasteiger partial charge in [0, 0.05) is 31.7 Å². The number of fused-ring (bicyclic) bond motifs is 1. The molecular formula is C25H25N3O3S. The Hall–Kier alpha value is -3.45. The van der Waals surface area contributed by atoms with Gasteiger partial charge in [0.2, 0.25) is 5.91 Å². The molecular weight excluding hydrogens is 422 g/mol. The fourth-order valence-electron chi connectivity index (χ4n) is 3.43. The van der Waals surface area contributed by atoms with Crippen molar-refractivity contribution >= 4 is 28.4 Å². The number of rotatable bonds is 8. The Morgan fingerprint density at radius 3 is 2.41 bits per heavy atom. The van der Waals surface area contributed by atoms with E-state index in [2.05, 4.69) is 23.2 Å². The van der Waals surface area contributed by atoms with Crippen LogP contribution in [0.3, 0.4) is 0 Å². The number of hydrogen-bond acceptors (Lipinski definition) is 5. The summed E-state index contributed by atoms with van der Waals surface area (Å²) in [5.41, 5.74) is 2.06. The number of thioether (sulfide) groups is 1. The van der Waals surface area contributed by atoms with Crippen LogP contribution in [0.2, 0.25) is 0 Å². The Morgan fingerprint density at radius 2 is 1.66 bits per heavy atom. The third kappa shape index (κ3) is 4.89. The lowest BCUT2D eigenvalue weighted by atomic mass is 10.1. The summed E-state index contributed by atoms with van der Waals surface area (Å²) in [5, 5.41) is 3.01. The number of carbonyl (C=O) groups is 1. The molecule has 0 aliphatic rings. The highest BCUT2D eigenvalue weighted by Crippen LogP contribution is 2.24. The van der Waals surface area contributed by atoms with Crippen LogP contribution in [0.1, 0.15) is 5.56 Å². The van der Waals surface area contributed by atoms with Gasteiger partial charge >= 0.3 is 0 Å². The first-order valence-corrected chi connectivity index (χ1v) is 11.2. The molecule has 0 atom stereocenters. The van der Waals surface area contributed by atoms with Crippen LogP contribution < -0.4 is 9.47 Å². The van der Waals surface area contributed by atoms with Gasteiger partial charge in [0.25, 0.3) is 0 Å². The van der Waals surface area contributed by atoms with Crippen LogP contribution in [-0.2, 0) is 11.3 Å². The van der Waals surface area contributed by atoms with Crippen LogP contribution in [0.5, 0.6) is 11.5 Å². The van der Waals surface area contributed by atoms with Gasteiger partial charge in [-0.05, 0) is 58.8 Å². The zero-order chi connectivity index (χ0) is 22.5. The lowest BCUT2D eigenvalue weighted by Crippen LogP contribution is -2.27. The summed E-state index contributed by atoms with van der Waals surface area (Å²) in [5.74, 6) is 2.00. The lowest BCUT2D eigenvalue weighted by molar-refractivity contribution is -0.127. The molecule has 0 radical (unpaired) electrons. The molecule has 0 N–H and O–H groups in total. The fourth-order valence-corrected chi connectivity index (χ4v) is 4.35. The number of amides is 1. The molecule has 4 aromatic rings. The van der Waals surface area contributed by atoms with E-state index in [-0.39, 0.29) is 5.91 Å². The zero-order valence-electron chi connectivity index (χ0n) is 18.3. The first-order valence-electron chi connectivity index (χ1n) is 10.2. The number of aromatic nitrogens is 2. The SMILES string of the molecule is COc1ccc(-n2ccnc2SCC(=O)N(C)Cc2ccc3cc(OC)ccc3c2)cc1. The number of imidazole rings is 1. The van der Waals surface area contributed by atoms with Crippen molar-refractivity contribution < 1.29 is 14.3 Å². The molecule has 32 heavy (non-hydrogen) atoms. The summed E-state index contributed by atoms with van der Waals surface area (Å²) in [4.78, 5) is 18.9. The molecule has 1 amide bonds. The monoisotopic (exact) mass is 447 g/mol. The van der Waals surface area contributed by atoms with Crippen LogP contribution in [0.4, 0.5) is 0 Å². The quantitative estimate of drug-likeness (QED) is 0.364. The Bertz CT molecular complexity index is 1220. The van der Waals surface area contributed by atoms with Crippen molar-refractivity contribution in [3.8, 4) is 17.2 Å². The van der Waals surface area contributed by atoms with E-state index in [4.69, 9.17) is 9.47 Å². The number of nitrogens with zero attached hydrogens (tertiary/aromatic N) is 3. The number of benzene rings is 3. The Kier molecular flexibility index (Phi) is 6.66. The predicted molar refractivity (Wildman–Crippen MR) is 128 cm³/mol. The largest absolute Gasteiger partial charge is 0.497 e. The molecule has 7 heteroatoms. The molecule has 4 rings (SSSR count). The van der Waals surface area contributed by atoms with E-state index in [1.165, 1.54) is 11.8 Å². The molecule has 6 nitrogen and oxygen atoms in total. The van der Waals surface area contributed by atoms with Gasteiger partial charge in [-0.15, -0.1) is 0 Å². The third-order valence-corrected chi connectivity index (χ3v) is 6.19. The van der Waals surface area contributed by atoms with Crippen molar-refractivity contribution in [1.29, 1.82) is 0 Å². The highest BCUT2D eigenvalue weighted by molar-refractivity contribution is 7.99. The Balaban J connectivity index is 1.38. The van der Waals surface area contributed by atoms with E-state index < -0.39 is 0 Å². The van der Waals surface area contributed by atoms with Crippen LogP contribution in [-0.4, -0.2) is 47.4 Å². The molecule has 0 fully saturated rings. The lowest BCUT2D eigenvalue weighted by Gasteiger charge is -2.17. The summed E-state index contributed by atoms with van der Waals surface area (Å²) >= 11 is 1.43. The maximum atomic E-state index is 12.8. The molecule has 0 aliphatic carbocycles. The summed E-state index contributed by atoms with van der Waals surface area (Å²) in [6, 6.07) is 20.0. The maximum absolute atomic E-state index is 12.8. The van der Waals surface area contributed by atoms with Crippen molar-refractivity contribution in [3.05, 3.63) is 78.6 Å². The molecule has 0 saturated carbocycles. The topological polar surface area (TPSA) is 56.6 Å². The van der Waals surface area contributed by atoms with Gasteiger partial charge in [-0.2, -0.15) is 0 Å². The first kappa shape index (κ1) is 21.8. The van der Waals surface area contributed by atoms with Crippen molar-refractivity contribution in [2.24, 2.45) is 0 Å². The minimum atomic E-state index is 0.0501. The molecule has 1 aromatic heterocycles. The second-order valence-corrected chi connectivity index (χ2v) is 8.31. The predicted octanol–water partition coefficient (Wildman–Crippen LogP) is 4.79. The highest BCUT2D eigenvalue weighted by atomic mass is 32.2. The van der Waals surface area contributed by atoms with Gasteiger partial charge in [0.15, 0.2) is 5.16 Å². The second kappa shape index (κ2) is 9.78. The second-order valence-electron chi connectivity index (χ2n) is 7.36. The normalized spacial score (nSPS) is 10.8. The maximum Gasteiger partial charge on any atom is 0.233 e. The van der Waals surface area contributed by atoms with E-state index >= 15 is 0 Å². The molecule has 3 aromatic carbocycles. The van der Waals surface area contributed by atoms with Crippen molar-refractivity contribution in [2.75, 3.05) is 27.0 Å². The number of carbonyl (C=O) groups excluding carboxylic acids is 1. The standard InChI is InChI=1S/C25H25N3O3S/c1-27(16-18-4-5-20-15-23(31-3)9-6-19(20)14-18)24(29)17-32-25-26-12-13-28(25)21-7-10-22(30-2)11-8-21/h4-15H,16-17H2,1-3H3. The van der Waals surface area contributed by atoms with Crippen molar-refractivity contribution in [1.82, 2.24) is 14.5 Å². The molecule has 0 spiro atoms. The average Bonchev–Trinajstić information content (AvgIpc) is 3.30. The van der Waals surface area contributed by atoms with Crippen LogP contribution in [0.15, 0.2) is 78.2 Å². The number of hydrogen-bond donors (Lipinski definition) is 0. The van der Waals surface area contributed by atoms with Gasteiger partial charge in [-0.1, -0.05) is 30.0 Å². The van der Waals surface area contributed by atoms with E-state index in [9.17, 15) is 4.79 Å². The first-order chi connectivity index (χ1) is 15.6. The van der Waals surface area contributed by atoms with Crippen LogP contribution in [0.25, 0.3) is 16.5 Å². The minimum absolute atomic E-state index is 0.0501. The smallest absolute Gasteiger partial charge is 0.233 e. The zero-order valence-corrected chi connectivity index (χ0v) is 19.1. The summed E-state index contributed by atoms with van der Waals surface area (Å²) in [7, 11) is 5.14. The fraction of sp³-hybridized carbons (Fsp3) is 0.200. The van der Waals surface area contributed by atoms with Gasteiger partial charge < -0.3 is 14.4 Å². The Morgan fingerprint density at radius 1 is 0.969 bits per heavy atom. The van der Waals surface area contributed by atoms with E-state index in [1.54, 1.807) is 25.3 Å². The number of ether oxygens (including phenoxy) is 2. The summed E-state index contributed by atoms with van der Waals surface area (Å²) < 4.78 is 12.5. The highest BCUT2D eigenvalue weighted by Gasteiger charge is 2.13. The molecule has 164 valence electrons. The minimum Gasteiger partial charge on any atom is -0.497 e. The summed E-state index contributed by atoms with van der Waals surface area (Å²) in [6.45, 7) is 0.550. The van der Waals surface area contributed by atoms with E-state index in [1.807, 2.05) is 60.3 Å². The number of methoxy groups -OCH3 is 2. The molecule has 0 aliphatic heterocycles. The third-order valence-electron chi connectivity index (χ3n) is 5.24. The van der Waals surface area contributed by atoms with Gasteiger partial charge in [0.1, 0.15) is 11.5 Å². The summed E-state index contributed by atoms with van der Waals surface area (Å²) in [6.07, 6.45) is 3.63. The molecule has 0 unspecified atom stereocenters. The van der Waals surface area contributed by atoms with Crippen molar-refractivity contribution in [2.45, 2.75) is 11.7 Å². The van der Waals surface area contributed by atoms with Crippen LogP contribution in [0, 0.1) is 0 Å². The van der Waals surface area contributed by atoms with Gasteiger partial charge in [-0.3, -0.25) is 9.36 Å². The van der Waals surface area contributed by atoms with E-state index in [0.29, 0.717) is 12.3 Å². The Labute approximate surface area is 191 Å².